The van der Waals surface area contributed by atoms with E-state index in [0.29, 0.717) is 16.7 Å². The van der Waals surface area contributed by atoms with Gasteiger partial charge in [0.15, 0.2) is 0 Å². The van der Waals surface area contributed by atoms with Crippen LogP contribution in [0.15, 0.2) is 47.4 Å². The molecule has 0 aromatic heterocycles. The summed E-state index contributed by atoms with van der Waals surface area (Å²) in [6.07, 6.45) is 0.949. The van der Waals surface area contributed by atoms with E-state index in [-0.39, 0.29) is 0 Å². The van der Waals surface area contributed by atoms with Gasteiger partial charge in [0.2, 0.25) is 0 Å². The number of ether oxygens (including phenoxy) is 1. The van der Waals surface area contributed by atoms with Gasteiger partial charge in [0.25, 0.3) is 0 Å². The Hall–Kier alpha value is -1.07. The predicted molar refractivity (Wildman–Crippen MR) is 94.1 cm³/mol. The Bertz CT molecular complexity index is 640. The number of fused-ring (bicyclic) bond motifs is 1. The van der Waals surface area contributed by atoms with Crippen molar-refractivity contribution in [1.82, 2.24) is 4.31 Å². The number of anilines is 1. The fourth-order valence-electron chi connectivity index (χ4n) is 2.19. The van der Waals surface area contributed by atoms with Gasteiger partial charge < -0.3 is 10.1 Å². The molecule has 6 heteroatoms. The average molecular weight is 355 g/mol. The monoisotopic (exact) mass is 354 g/mol. The normalized spacial score (nSPS) is 14.3. The second-order valence-corrected chi connectivity index (χ2v) is 6.86. The molecule has 3 nitrogen and oxygen atoms in total. The lowest BCUT2D eigenvalue weighted by molar-refractivity contribution is 0.295. The summed E-state index contributed by atoms with van der Waals surface area (Å²) < 4.78 is 7.94. The Labute approximate surface area is 144 Å². The summed E-state index contributed by atoms with van der Waals surface area (Å²) in [4.78, 5) is 1.03. The molecule has 22 heavy (non-hydrogen) atoms. The van der Waals surface area contributed by atoms with Crippen molar-refractivity contribution in [2.75, 3.05) is 25.1 Å². The third-order valence-corrected chi connectivity index (χ3v) is 5.06. The van der Waals surface area contributed by atoms with Crippen LogP contribution in [0.4, 0.5) is 5.69 Å². The van der Waals surface area contributed by atoms with Gasteiger partial charge in [-0.2, -0.15) is 0 Å². The largest absolute Gasteiger partial charge is 0.494 e. The second kappa shape index (κ2) is 7.47. The number of halogens is 2. The molecule has 0 spiro atoms. The Morgan fingerprint density at radius 1 is 1.18 bits per heavy atom. The van der Waals surface area contributed by atoms with Gasteiger partial charge in [0.05, 0.1) is 28.9 Å². The molecule has 0 saturated heterocycles. The predicted octanol–water partition coefficient (Wildman–Crippen LogP) is 5.15. The number of nitrogens with zero attached hydrogens (tertiary/aromatic N) is 1. The summed E-state index contributed by atoms with van der Waals surface area (Å²) in [5.74, 6) is 0.912. The molecular formula is C16H16Cl2N2OS. The molecule has 0 saturated carbocycles. The van der Waals surface area contributed by atoms with E-state index in [2.05, 4.69) is 9.62 Å². The van der Waals surface area contributed by atoms with E-state index in [0.717, 1.165) is 36.0 Å². The molecule has 0 fully saturated rings. The van der Waals surface area contributed by atoms with Gasteiger partial charge in [-0.25, -0.2) is 4.31 Å². The SMILES string of the molecule is Clc1cc(Cl)c2c(c1)NCN(CCCOc1ccccc1)S2. The minimum absolute atomic E-state index is 0.654. The first-order valence-electron chi connectivity index (χ1n) is 7.06. The Morgan fingerprint density at radius 2 is 2.00 bits per heavy atom. The fourth-order valence-corrected chi connectivity index (χ4v) is 3.77. The van der Waals surface area contributed by atoms with Crippen LogP contribution >= 0.6 is 35.1 Å². The Balaban J connectivity index is 1.49. The highest BCUT2D eigenvalue weighted by Gasteiger charge is 2.19. The van der Waals surface area contributed by atoms with Crippen LogP contribution in [0.3, 0.4) is 0 Å². The van der Waals surface area contributed by atoms with E-state index in [4.69, 9.17) is 27.9 Å². The van der Waals surface area contributed by atoms with Crippen LogP contribution < -0.4 is 10.1 Å². The minimum Gasteiger partial charge on any atom is -0.494 e. The number of hydrogen-bond acceptors (Lipinski definition) is 4. The molecule has 1 aliphatic heterocycles. The van der Waals surface area contributed by atoms with Crippen molar-refractivity contribution in [3.63, 3.8) is 0 Å². The summed E-state index contributed by atoms with van der Waals surface area (Å²) in [7, 11) is 0. The molecule has 1 aliphatic rings. The Morgan fingerprint density at radius 3 is 2.82 bits per heavy atom. The van der Waals surface area contributed by atoms with Crippen LogP contribution in [0.25, 0.3) is 0 Å². The lowest BCUT2D eigenvalue weighted by Gasteiger charge is -2.29. The van der Waals surface area contributed by atoms with E-state index in [1.54, 1.807) is 18.0 Å². The van der Waals surface area contributed by atoms with Crippen LogP contribution in [0.5, 0.6) is 5.75 Å². The van der Waals surface area contributed by atoms with Crippen LogP contribution in [0, 0.1) is 0 Å². The topological polar surface area (TPSA) is 24.5 Å². The molecule has 0 amide bonds. The zero-order chi connectivity index (χ0) is 15.4. The van der Waals surface area contributed by atoms with Crippen molar-refractivity contribution >= 4 is 40.8 Å². The molecule has 0 radical (unpaired) electrons. The van der Waals surface area contributed by atoms with Gasteiger partial charge in [-0.1, -0.05) is 41.4 Å². The Kier molecular flexibility index (Phi) is 5.37. The van der Waals surface area contributed by atoms with Crippen molar-refractivity contribution in [1.29, 1.82) is 0 Å². The lowest BCUT2D eigenvalue weighted by atomic mass is 10.3. The van der Waals surface area contributed by atoms with Crippen molar-refractivity contribution in [3.05, 3.63) is 52.5 Å². The van der Waals surface area contributed by atoms with Gasteiger partial charge in [-0.15, -0.1) is 0 Å². The van der Waals surface area contributed by atoms with Gasteiger partial charge in [0.1, 0.15) is 5.75 Å². The summed E-state index contributed by atoms with van der Waals surface area (Å²) in [6, 6.07) is 13.6. The molecule has 1 heterocycles. The highest BCUT2D eigenvalue weighted by Crippen LogP contribution is 2.41. The van der Waals surface area contributed by atoms with Crippen LogP contribution in [0.2, 0.25) is 10.0 Å². The maximum Gasteiger partial charge on any atom is 0.119 e. The van der Waals surface area contributed by atoms with E-state index in [9.17, 15) is 0 Å². The molecule has 2 aromatic rings. The van der Waals surface area contributed by atoms with E-state index >= 15 is 0 Å². The van der Waals surface area contributed by atoms with Crippen molar-refractivity contribution in [2.24, 2.45) is 0 Å². The highest BCUT2D eigenvalue weighted by molar-refractivity contribution is 7.97. The fraction of sp³-hybridized carbons (Fsp3) is 0.250. The minimum atomic E-state index is 0.654. The molecule has 0 bridgehead atoms. The highest BCUT2D eigenvalue weighted by atomic mass is 35.5. The number of nitrogens with one attached hydrogen (secondary N) is 1. The molecule has 116 valence electrons. The number of para-hydroxylation sites is 1. The smallest absolute Gasteiger partial charge is 0.119 e. The average Bonchev–Trinajstić information content (AvgIpc) is 2.53. The number of rotatable bonds is 5. The zero-order valence-corrected chi connectivity index (χ0v) is 14.2. The second-order valence-electron chi connectivity index (χ2n) is 4.91. The lowest BCUT2D eigenvalue weighted by Crippen LogP contribution is -2.28. The third kappa shape index (κ3) is 4.02. The summed E-state index contributed by atoms with van der Waals surface area (Å²) in [5, 5.41) is 4.69. The van der Waals surface area contributed by atoms with E-state index in [1.165, 1.54) is 0 Å². The van der Waals surface area contributed by atoms with E-state index in [1.807, 2.05) is 36.4 Å². The maximum atomic E-state index is 6.26. The molecule has 0 unspecified atom stereocenters. The summed E-state index contributed by atoms with van der Waals surface area (Å²) in [6.45, 7) is 2.38. The standard InChI is InChI=1S/C16H16Cl2N2OS/c17-12-9-14(18)16-15(10-12)19-11-20(22-16)7-4-8-21-13-5-2-1-3-6-13/h1-3,5-6,9-10,19H,4,7-8,11H2. The van der Waals surface area contributed by atoms with Gasteiger partial charge in [0, 0.05) is 11.6 Å². The quantitative estimate of drug-likeness (QED) is 0.592. The molecule has 3 rings (SSSR count). The van der Waals surface area contributed by atoms with Crippen molar-refractivity contribution in [2.45, 2.75) is 11.3 Å². The molecule has 2 aromatic carbocycles. The van der Waals surface area contributed by atoms with Crippen LogP contribution in [0.1, 0.15) is 6.42 Å². The van der Waals surface area contributed by atoms with Crippen LogP contribution in [-0.4, -0.2) is 24.1 Å². The number of hydrogen-bond donors (Lipinski definition) is 1. The maximum absolute atomic E-state index is 6.26. The first kappa shape index (κ1) is 15.8. The molecule has 0 atom stereocenters. The molecular weight excluding hydrogens is 339 g/mol. The van der Waals surface area contributed by atoms with Crippen molar-refractivity contribution in [3.8, 4) is 5.75 Å². The third-order valence-electron chi connectivity index (χ3n) is 3.24. The first-order chi connectivity index (χ1) is 10.7. The van der Waals surface area contributed by atoms with Gasteiger partial charge >= 0.3 is 0 Å². The van der Waals surface area contributed by atoms with Crippen LogP contribution in [-0.2, 0) is 0 Å². The van der Waals surface area contributed by atoms with Crippen molar-refractivity contribution < 1.29 is 4.74 Å². The summed E-state index contributed by atoms with van der Waals surface area (Å²) in [5.41, 5.74) is 0.999. The van der Waals surface area contributed by atoms with Gasteiger partial charge in [-0.3, -0.25) is 0 Å². The number of benzene rings is 2. The van der Waals surface area contributed by atoms with E-state index < -0.39 is 0 Å². The first-order valence-corrected chi connectivity index (χ1v) is 8.59. The zero-order valence-electron chi connectivity index (χ0n) is 11.9. The van der Waals surface area contributed by atoms with Gasteiger partial charge in [-0.05, 0) is 42.6 Å². The molecule has 1 N–H and O–H groups in total. The summed E-state index contributed by atoms with van der Waals surface area (Å²) >= 11 is 13.9. The molecule has 0 aliphatic carbocycles.